The summed E-state index contributed by atoms with van der Waals surface area (Å²) < 4.78 is 31.1. The molecule has 0 aromatic carbocycles. The number of hydrogen-bond acceptors (Lipinski definition) is 2. The van der Waals surface area contributed by atoms with Crippen molar-refractivity contribution in [2.75, 3.05) is 18.4 Å². The van der Waals surface area contributed by atoms with Crippen LogP contribution >= 0.6 is 15.9 Å². The average molecular weight is 314 g/mol. The maximum atomic E-state index is 13.0. The molecule has 0 aromatic rings. The van der Waals surface area contributed by atoms with E-state index in [9.17, 15) is 13.6 Å². The third-order valence-corrected chi connectivity index (χ3v) is 3.88. The van der Waals surface area contributed by atoms with Gasteiger partial charge in [-0.25, -0.2) is 13.6 Å². The van der Waals surface area contributed by atoms with Crippen LogP contribution in [-0.2, 0) is 4.74 Å². The first kappa shape index (κ1) is 14.7. The van der Waals surface area contributed by atoms with Gasteiger partial charge in [0.2, 0.25) is 6.43 Å². The van der Waals surface area contributed by atoms with E-state index in [1.807, 2.05) is 0 Å². The van der Waals surface area contributed by atoms with Crippen molar-refractivity contribution in [3.8, 4) is 0 Å². The Bertz CT molecular complexity index is 294. The normalized spacial score (nSPS) is 25.5. The van der Waals surface area contributed by atoms with Crippen molar-refractivity contribution in [3.63, 3.8) is 0 Å². The van der Waals surface area contributed by atoms with Gasteiger partial charge in [0.25, 0.3) is 0 Å². The Kier molecular flexibility index (Phi) is 4.38. The fourth-order valence-corrected chi connectivity index (χ4v) is 2.43. The molecule has 0 radical (unpaired) electrons. The van der Waals surface area contributed by atoms with Crippen LogP contribution in [0.15, 0.2) is 0 Å². The van der Waals surface area contributed by atoms with Gasteiger partial charge in [-0.1, -0.05) is 15.9 Å². The molecule has 3 nitrogen and oxygen atoms in total. The first-order valence-corrected chi connectivity index (χ1v) is 6.64. The van der Waals surface area contributed by atoms with Gasteiger partial charge in [0.1, 0.15) is 5.60 Å². The number of amides is 1. The van der Waals surface area contributed by atoms with Crippen molar-refractivity contribution in [2.24, 2.45) is 5.41 Å². The first-order valence-electron chi connectivity index (χ1n) is 5.52. The quantitative estimate of drug-likeness (QED) is 0.732. The van der Waals surface area contributed by atoms with Crippen LogP contribution in [0.1, 0.15) is 27.2 Å². The topological polar surface area (TPSA) is 29.5 Å². The minimum atomic E-state index is -2.44. The number of nitrogens with zero attached hydrogens (tertiary/aromatic N) is 1. The molecule has 100 valence electrons. The van der Waals surface area contributed by atoms with E-state index >= 15 is 0 Å². The summed E-state index contributed by atoms with van der Waals surface area (Å²) in [5, 5.41) is 0.191. The van der Waals surface area contributed by atoms with E-state index in [0.717, 1.165) is 0 Å². The van der Waals surface area contributed by atoms with Gasteiger partial charge in [0.05, 0.1) is 5.41 Å². The second-order valence-corrected chi connectivity index (χ2v) is 6.01. The maximum Gasteiger partial charge on any atom is 0.410 e. The molecule has 1 aliphatic rings. The molecule has 1 fully saturated rings. The Balaban J connectivity index is 2.64. The zero-order chi connectivity index (χ0) is 13.3. The van der Waals surface area contributed by atoms with Gasteiger partial charge in [0, 0.05) is 18.4 Å². The van der Waals surface area contributed by atoms with Crippen LogP contribution in [0, 0.1) is 5.41 Å². The summed E-state index contributed by atoms with van der Waals surface area (Å²) >= 11 is 3.11. The molecule has 0 bridgehead atoms. The van der Waals surface area contributed by atoms with E-state index in [0.29, 0.717) is 13.0 Å². The molecule has 6 heteroatoms. The number of alkyl halides is 3. The van der Waals surface area contributed by atoms with Crippen LogP contribution in [0.3, 0.4) is 0 Å². The highest BCUT2D eigenvalue weighted by atomic mass is 79.9. The lowest BCUT2D eigenvalue weighted by atomic mass is 9.90. The summed E-state index contributed by atoms with van der Waals surface area (Å²) in [6.07, 6.45) is -2.65. The summed E-state index contributed by atoms with van der Waals surface area (Å²) in [6.45, 7) is 5.64. The Morgan fingerprint density at radius 3 is 2.47 bits per heavy atom. The smallest absolute Gasteiger partial charge is 0.410 e. The van der Waals surface area contributed by atoms with Crippen molar-refractivity contribution in [1.82, 2.24) is 4.90 Å². The van der Waals surface area contributed by atoms with Crippen LogP contribution in [-0.4, -0.2) is 41.4 Å². The fraction of sp³-hybridized carbons (Fsp3) is 0.909. The largest absolute Gasteiger partial charge is 0.444 e. The van der Waals surface area contributed by atoms with E-state index in [1.54, 1.807) is 20.8 Å². The fourth-order valence-electron chi connectivity index (χ4n) is 1.72. The molecule has 1 heterocycles. The molecule has 0 aliphatic carbocycles. The minimum absolute atomic E-state index is 0.0465. The molecule has 1 saturated heterocycles. The van der Waals surface area contributed by atoms with Gasteiger partial charge in [0.15, 0.2) is 0 Å². The second kappa shape index (κ2) is 5.08. The molecule has 1 amide bonds. The Morgan fingerprint density at radius 1 is 1.53 bits per heavy atom. The highest BCUT2D eigenvalue weighted by Gasteiger charge is 2.47. The number of carbonyl (C=O) groups is 1. The molecule has 17 heavy (non-hydrogen) atoms. The number of hydrogen-bond donors (Lipinski definition) is 0. The molecule has 0 N–H and O–H groups in total. The minimum Gasteiger partial charge on any atom is -0.444 e. The van der Waals surface area contributed by atoms with Crippen LogP contribution in [0.5, 0.6) is 0 Å². The van der Waals surface area contributed by atoms with E-state index in [1.165, 1.54) is 4.90 Å². The molecular weight excluding hydrogens is 296 g/mol. The van der Waals surface area contributed by atoms with Crippen LogP contribution in [0.25, 0.3) is 0 Å². The molecule has 0 spiro atoms. The van der Waals surface area contributed by atoms with Crippen molar-refractivity contribution in [1.29, 1.82) is 0 Å². The standard InChI is InChI=1S/C11H18BrF2NO2/c1-10(2,3)17-9(16)15-5-4-11(6-12,7-15)8(13)14/h8H,4-7H2,1-3H3. The Labute approximate surface area is 109 Å². The highest BCUT2D eigenvalue weighted by Crippen LogP contribution is 2.38. The SMILES string of the molecule is CC(C)(C)OC(=O)N1CCC(CBr)(C(F)F)C1. The van der Waals surface area contributed by atoms with Crippen LogP contribution < -0.4 is 0 Å². The van der Waals surface area contributed by atoms with Crippen molar-refractivity contribution in [3.05, 3.63) is 0 Å². The lowest BCUT2D eigenvalue weighted by molar-refractivity contribution is 0.00630. The third-order valence-electron chi connectivity index (χ3n) is 2.77. The predicted molar refractivity (Wildman–Crippen MR) is 64.7 cm³/mol. The Morgan fingerprint density at radius 2 is 2.12 bits per heavy atom. The molecule has 1 unspecified atom stereocenters. The maximum absolute atomic E-state index is 13.0. The van der Waals surface area contributed by atoms with Crippen molar-refractivity contribution < 1.29 is 18.3 Å². The molecule has 1 atom stereocenters. The predicted octanol–water partition coefficient (Wildman–Crippen LogP) is 3.27. The van der Waals surface area contributed by atoms with Crippen LogP contribution in [0.4, 0.5) is 13.6 Å². The van der Waals surface area contributed by atoms with Gasteiger partial charge in [-0.15, -0.1) is 0 Å². The van der Waals surface area contributed by atoms with E-state index in [4.69, 9.17) is 4.74 Å². The average Bonchev–Trinajstić information content (AvgIpc) is 2.60. The van der Waals surface area contributed by atoms with Gasteiger partial charge in [-0.05, 0) is 27.2 Å². The number of halogens is 3. The van der Waals surface area contributed by atoms with Gasteiger partial charge in [-0.3, -0.25) is 0 Å². The van der Waals surface area contributed by atoms with E-state index in [2.05, 4.69) is 15.9 Å². The van der Waals surface area contributed by atoms with Crippen LogP contribution in [0.2, 0.25) is 0 Å². The summed E-state index contributed by atoms with van der Waals surface area (Å²) in [6, 6.07) is 0. The van der Waals surface area contributed by atoms with Gasteiger partial charge < -0.3 is 9.64 Å². The first-order chi connectivity index (χ1) is 7.70. The summed E-state index contributed by atoms with van der Waals surface area (Å²) in [7, 11) is 0. The number of ether oxygens (including phenoxy) is 1. The molecule has 1 aliphatic heterocycles. The monoisotopic (exact) mass is 313 g/mol. The highest BCUT2D eigenvalue weighted by molar-refractivity contribution is 9.09. The van der Waals surface area contributed by atoms with Gasteiger partial charge >= 0.3 is 6.09 Å². The van der Waals surface area contributed by atoms with Gasteiger partial charge in [-0.2, -0.15) is 0 Å². The van der Waals surface area contributed by atoms with Crippen molar-refractivity contribution >= 4 is 22.0 Å². The lowest BCUT2D eigenvalue weighted by Gasteiger charge is -2.27. The van der Waals surface area contributed by atoms with E-state index < -0.39 is 23.5 Å². The molecular formula is C11H18BrF2NO2. The number of rotatable bonds is 2. The second-order valence-electron chi connectivity index (χ2n) is 5.45. The zero-order valence-corrected chi connectivity index (χ0v) is 11.9. The summed E-state index contributed by atoms with van der Waals surface area (Å²) in [5.41, 5.74) is -1.72. The lowest BCUT2D eigenvalue weighted by Crippen LogP contribution is -2.39. The molecule has 0 saturated carbocycles. The zero-order valence-electron chi connectivity index (χ0n) is 10.3. The van der Waals surface area contributed by atoms with Crippen molar-refractivity contribution in [2.45, 2.75) is 39.2 Å². The summed E-state index contributed by atoms with van der Waals surface area (Å²) in [5.74, 6) is 0. The molecule has 0 aromatic heterocycles. The molecule has 1 rings (SSSR count). The summed E-state index contributed by atoms with van der Waals surface area (Å²) in [4.78, 5) is 13.1. The van der Waals surface area contributed by atoms with E-state index in [-0.39, 0.29) is 11.9 Å². The third kappa shape index (κ3) is 3.53. The Hall–Kier alpha value is -0.390. The number of carbonyl (C=O) groups excluding carboxylic acids is 1. The number of likely N-dealkylation sites (tertiary alicyclic amines) is 1.